The van der Waals surface area contributed by atoms with Gasteiger partial charge in [0.05, 0.1) is 6.61 Å². The molecule has 4 N–H and O–H groups in total. The molecule has 0 aliphatic rings. The van der Waals surface area contributed by atoms with Crippen LogP contribution in [0.2, 0.25) is 0 Å². The lowest BCUT2D eigenvalue weighted by Crippen LogP contribution is -2.15. The first-order chi connectivity index (χ1) is 5.75. The normalized spacial score (nSPS) is 9.75. The van der Waals surface area contributed by atoms with E-state index in [4.69, 9.17) is 10.8 Å². The van der Waals surface area contributed by atoms with Crippen molar-refractivity contribution < 1.29 is 9.90 Å². The van der Waals surface area contributed by atoms with Gasteiger partial charge in [0.1, 0.15) is 5.00 Å². The van der Waals surface area contributed by atoms with Crippen molar-refractivity contribution in [1.82, 2.24) is 9.59 Å². The Morgan fingerprint density at radius 3 is 3.08 bits per heavy atom. The third-order valence-corrected chi connectivity index (χ3v) is 1.80. The van der Waals surface area contributed by atoms with E-state index in [9.17, 15) is 4.79 Å². The molecule has 0 aliphatic carbocycles. The summed E-state index contributed by atoms with van der Waals surface area (Å²) >= 11 is 1.03. The van der Waals surface area contributed by atoms with Crippen LogP contribution in [-0.2, 0) is 0 Å². The van der Waals surface area contributed by atoms with E-state index < -0.39 is 5.91 Å². The molecule has 1 rings (SSSR count). The molecular weight excluding hydrogens is 180 g/mol. The Morgan fingerprint density at radius 1 is 1.75 bits per heavy atom. The number of anilines is 1. The highest BCUT2D eigenvalue weighted by molar-refractivity contribution is 7.10. The molecule has 1 aromatic heterocycles. The van der Waals surface area contributed by atoms with Crippen LogP contribution in [0.5, 0.6) is 0 Å². The molecule has 0 unspecified atom stereocenters. The van der Waals surface area contributed by atoms with Gasteiger partial charge in [-0.3, -0.25) is 4.79 Å². The number of nitrogens with zero attached hydrogens (tertiary/aromatic N) is 2. The molecule has 0 saturated heterocycles. The number of hydrogen-bond donors (Lipinski definition) is 3. The van der Waals surface area contributed by atoms with E-state index in [1.54, 1.807) is 0 Å². The maximum absolute atomic E-state index is 10.7. The van der Waals surface area contributed by atoms with Crippen LogP contribution in [0, 0.1) is 0 Å². The topological polar surface area (TPSA) is 101 Å². The van der Waals surface area contributed by atoms with Crippen LogP contribution in [0.1, 0.15) is 10.5 Å². The van der Waals surface area contributed by atoms with E-state index in [1.807, 2.05) is 0 Å². The first-order valence-corrected chi connectivity index (χ1v) is 4.00. The van der Waals surface area contributed by atoms with Crippen molar-refractivity contribution in [3.8, 4) is 0 Å². The van der Waals surface area contributed by atoms with Gasteiger partial charge in [0.25, 0.3) is 5.91 Å². The minimum absolute atomic E-state index is 0.0178. The molecule has 6 nitrogen and oxygen atoms in total. The van der Waals surface area contributed by atoms with Crippen molar-refractivity contribution in [2.24, 2.45) is 5.73 Å². The molecule has 0 fully saturated rings. The van der Waals surface area contributed by atoms with E-state index in [-0.39, 0.29) is 12.3 Å². The SMILES string of the molecule is NC(=O)c1nnsc1NCCO. The van der Waals surface area contributed by atoms with Gasteiger partial charge in [0.2, 0.25) is 0 Å². The third kappa shape index (κ3) is 1.89. The second-order valence-electron chi connectivity index (χ2n) is 1.97. The first kappa shape index (κ1) is 8.88. The predicted octanol–water partition coefficient (Wildman–Crippen LogP) is -0.959. The quantitative estimate of drug-likeness (QED) is 0.565. The zero-order valence-corrected chi connectivity index (χ0v) is 6.97. The van der Waals surface area contributed by atoms with Gasteiger partial charge < -0.3 is 16.2 Å². The molecule has 0 bridgehead atoms. The van der Waals surface area contributed by atoms with Gasteiger partial charge in [-0.25, -0.2) is 0 Å². The molecule has 0 aliphatic heterocycles. The highest BCUT2D eigenvalue weighted by Gasteiger charge is 2.11. The van der Waals surface area contributed by atoms with Crippen LogP contribution < -0.4 is 11.1 Å². The van der Waals surface area contributed by atoms with Crippen molar-refractivity contribution >= 4 is 22.4 Å². The van der Waals surface area contributed by atoms with E-state index in [2.05, 4.69) is 14.9 Å². The summed E-state index contributed by atoms with van der Waals surface area (Å²) in [6.45, 7) is 0.334. The summed E-state index contributed by atoms with van der Waals surface area (Å²) in [5.41, 5.74) is 5.11. The number of amides is 1. The van der Waals surface area contributed by atoms with Crippen molar-refractivity contribution in [2.75, 3.05) is 18.5 Å². The second kappa shape index (κ2) is 3.98. The lowest BCUT2D eigenvalue weighted by atomic mass is 10.4. The molecule has 1 aromatic rings. The molecule has 1 heterocycles. The number of carbonyl (C=O) groups is 1. The fourth-order valence-electron chi connectivity index (χ4n) is 0.637. The van der Waals surface area contributed by atoms with Crippen LogP contribution in [0.25, 0.3) is 0 Å². The smallest absolute Gasteiger partial charge is 0.272 e. The van der Waals surface area contributed by atoms with Crippen molar-refractivity contribution in [3.63, 3.8) is 0 Å². The molecule has 12 heavy (non-hydrogen) atoms. The Kier molecular flexibility index (Phi) is 2.94. The van der Waals surface area contributed by atoms with Gasteiger partial charge in [-0.05, 0) is 0 Å². The molecule has 66 valence electrons. The highest BCUT2D eigenvalue weighted by Crippen LogP contribution is 2.15. The van der Waals surface area contributed by atoms with Gasteiger partial charge >= 0.3 is 0 Å². The molecule has 0 radical (unpaired) electrons. The minimum Gasteiger partial charge on any atom is -0.395 e. The maximum Gasteiger partial charge on any atom is 0.272 e. The van der Waals surface area contributed by atoms with Crippen LogP contribution in [0.3, 0.4) is 0 Å². The number of nitrogens with two attached hydrogens (primary N) is 1. The zero-order valence-electron chi connectivity index (χ0n) is 6.15. The van der Waals surface area contributed by atoms with Gasteiger partial charge in [-0.15, -0.1) is 5.10 Å². The number of aliphatic hydroxyl groups is 1. The van der Waals surface area contributed by atoms with E-state index >= 15 is 0 Å². The lowest BCUT2D eigenvalue weighted by Gasteiger charge is -1.98. The third-order valence-electron chi connectivity index (χ3n) is 1.12. The summed E-state index contributed by atoms with van der Waals surface area (Å²) in [4.78, 5) is 10.7. The summed E-state index contributed by atoms with van der Waals surface area (Å²) in [5.74, 6) is -0.621. The average molecular weight is 188 g/mol. The lowest BCUT2D eigenvalue weighted by molar-refractivity contribution is 0.0996. The molecular formula is C5H8N4O2S. The van der Waals surface area contributed by atoms with E-state index in [0.717, 1.165) is 11.5 Å². The summed E-state index contributed by atoms with van der Waals surface area (Å²) < 4.78 is 3.54. The second-order valence-corrected chi connectivity index (χ2v) is 2.72. The molecule has 7 heteroatoms. The fourth-order valence-corrected chi connectivity index (χ4v) is 1.24. The predicted molar refractivity (Wildman–Crippen MR) is 44.0 cm³/mol. The maximum atomic E-state index is 10.7. The monoisotopic (exact) mass is 188 g/mol. The number of hydrogen-bond acceptors (Lipinski definition) is 6. The zero-order chi connectivity index (χ0) is 8.97. The molecule has 0 atom stereocenters. The highest BCUT2D eigenvalue weighted by atomic mass is 32.1. The Bertz CT molecular complexity index is 274. The number of aliphatic hydroxyl groups excluding tert-OH is 1. The molecule has 0 saturated carbocycles. The number of carbonyl (C=O) groups excluding carboxylic acids is 1. The van der Waals surface area contributed by atoms with Crippen LogP contribution in [0.4, 0.5) is 5.00 Å². The van der Waals surface area contributed by atoms with Crippen LogP contribution in [0.15, 0.2) is 0 Å². The van der Waals surface area contributed by atoms with Gasteiger partial charge in [0.15, 0.2) is 5.69 Å². The van der Waals surface area contributed by atoms with Crippen LogP contribution in [-0.4, -0.2) is 33.8 Å². The van der Waals surface area contributed by atoms with E-state index in [0.29, 0.717) is 11.5 Å². The fraction of sp³-hybridized carbons (Fsp3) is 0.400. The number of primary amides is 1. The Hall–Kier alpha value is -1.21. The molecule has 0 spiro atoms. The van der Waals surface area contributed by atoms with E-state index in [1.165, 1.54) is 0 Å². The summed E-state index contributed by atoms with van der Waals surface area (Å²) in [6, 6.07) is 0. The number of aromatic nitrogens is 2. The summed E-state index contributed by atoms with van der Waals surface area (Å²) in [6.07, 6.45) is 0. The molecule has 0 aromatic carbocycles. The van der Waals surface area contributed by atoms with Crippen molar-refractivity contribution in [3.05, 3.63) is 5.69 Å². The Balaban J connectivity index is 2.70. The first-order valence-electron chi connectivity index (χ1n) is 3.22. The Morgan fingerprint density at radius 2 is 2.50 bits per heavy atom. The standard InChI is InChI=1S/C5H8N4O2S/c6-4(11)3-5(7-1-2-10)12-9-8-3/h7,10H,1-2H2,(H2,6,11). The summed E-state index contributed by atoms with van der Waals surface area (Å²) in [5, 5.41) is 15.3. The van der Waals surface area contributed by atoms with Crippen molar-refractivity contribution in [2.45, 2.75) is 0 Å². The minimum atomic E-state index is -0.621. The molecule has 1 amide bonds. The largest absolute Gasteiger partial charge is 0.395 e. The van der Waals surface area contributed by atoms with Gasteiger partial charge in [-0.2, -0.15) is 0 Å². The van der Waals surface area contributed by atoms with Crippen molar-refractivity contribution in [1.29, 1.82) is 0 Å². The number of nitrogens with one attached hydrogen (secondary N) is 1. The van der Waals surface area contributed by atoms with Crippen LogP contribution >= 0.6 is 11.5 Å². The Labute approximate surface area is 72.6 Å². The number of rotatable bonds is 4. The van der Waals surface area contributed by atoms with Gasteiger partial charge in [-0.1, -0.05) is 4.49 Å². The average Bonchev–Trinajstić information content (AvgIpc) is 2.48. The summed E-state index contributed by atoms with van der Waals surface area (Å²) in [7, 11) is 0. The van der Waals surface area contributed by atoms with Gasteiger partial charge in [0, 0.05) is 18.1 Å².